The molecule has 72 valence electrons. The third-order valence-electron chi connectivity index (χ3n) is 1.93. The predicted octanol–water partition coefficient (Wildman–Crippen LogP) is 1.16. The summed E-state index contributed by atoms with van der Waals surface area (Å²) in [4.78, 5) is 0. The molecule has 0 aliphatic carbocycles. The van der Waals surface area contributed by atoms with Crippen LogP contribution in [-0.2, 0) is 9.47 Å². The van der Waals surface area contributed by atoms with Gasteiger partial charge in [-0.15, -0.1) is 0 Å². The number of aliphatic hydroxyl groups is 1. The second-order valence-corrected chi connectivity index (χ2v) is 3.54. The maximum absolute atomic E-state index is 8.06. The van der Waals surface area contributed by atoms with Crippen LogP contribution in [0.3, 0.4) is 0 Å². The molecule has 2 aliphatic rings. The molecule has 0 amide bonds. The van der Waals surface area contributed by atoms with E-state index in [4.69, 9.17) is 14.6 Å². The van der Waals surface area contributed by atoms with Crippen LogP contribution in [-0.4, -0.2) is 30.7 Å². The van der Waals surface area contributed by atoms with Gasteiger partial charge in [-0.25, -0.2) is 0 Å². The van der Waals surface area contributed by atoms with Gasteiger partial charge in [-0.05, 0) is 26.7 Å². The molecule has 0 bridgehead atoms. The van der Waals surface area contributed by atoms with Crippen molar-refractivity contribution in [2.75, 3.05) is 13.2 Å². The Labute approximate surface area is 73.7 Å². The van der Waals surface area contributed by atoms with Crippen molar-refractivity contribution in [2.24, 2.45) is 5.92 Å². The van der Waals surface area contributed by atoms with Crippen molar-refractivity contribution in [1.29, 1.82) is 0 Å². The van der Waals surface area contributed by atoms with Crippen LogP contribution in [0.4, 0.5) is 0 Å². The topological polar surface area (TPSA) is 38.7 Å². The van der Waals surface area contributed by atoms with E-state index in [-0.39, 0.29) is 12.4 Å². The fourth-order valence-electron chi connectivity index (χ4n) is 1.41. The molecule has 2 rings (SSSR count). The van der Waals surface area contributed by atoms with E-state index >= 15 is 0 Å². The Morgan fingerprint density at radius 2 is 1.58 bits per heavy atom. The van der Waals surface area contributed by atoms with Crippen LogP contribution in [0, 0.1) is 5.92 Å². The third kappa shape index (κ3) is 3.09. The monoisotopic (exact) mass is 174 g/mol. The van der Waals surface area contributed by atoms with Crippen LogP contribution >= 0.6 is 0 Å². The van der Waals surface area contributed by atoms with E-state index < -0.39 is 0 Å². The molecular formula is C9H18O3. The first kappa shape index (κ1) is 9.96. The lowest BCUT2D eigenvalue weighted by molar-refractivity contribution is -0.0904. The Bertz CT molecular complexity index is 102. The van der Waals surface area contributed by atoms with Crippen molar-refractivity contribution in [3.05, 3.63) is 0 Å². The summed E-state index contributed by atoms with van der Waals surface area (Å²) in [5.41, 5.74) is 0. The highest BCUT2D eigenvalue weighted by Crippen LogP contribution is 2.30. The largest absolute Gasteiger partial charge is 0.394 e. The number of aliphatic hydroxyl groups excluding tert-OH is 1. The predicted molar refractivity (Wildman–Crippen MR) is 45.8 cm³/mol. The molecule has 0 unspecified atom stereocenters. The molecule has 2 fully saturated rings. The SMILES string of the molecule is C1CC2CCOC2O1.CC(C)O. The van der Waals surface area contributed by atoms with Gasteiger partial charge < -0.3 is 14.6 Å². The van der Waals surface area contributed by atoms with Gasteiger partial charge in [0.2, 0.25) is 0 Å². The lowest BCUT2D eigenvalue weighted by Crippen LogP contribution is -2.08. The number of ether oxygens (including phenoxy) is 2. The van der Waals surface area contributed by atoms with E-state index in [1.165, 1.54) is 12.8 Å². The molecule has 0 radical (unpaired) electrons. The highest BCUT2D eigenvalue weighted by atomic mass is 16.7. The maximum atomic E-state index is 8.06. The average molecular weight is 174 g/mol. The van der Waals surface area contributed by atoms with E-state index in [1.54, 1.807) is 13.8 Å². The van der Waals surface area contributed by atoms with Crippen molar-refractivity contribution in [1.82, 2.24) is 0 Å². The maximum Gasteiger partial charge on any atom is 0.160 e. The quantitative estimate of drug-likeness (QED) is 0.599. The normalized spacial score (nSPS) is 33.0. The summed E-state index contributed by atoms with van der Waals surface area (Å²) in [7, 11) is 0. The minimum Gasteiger partial charge on any atom is -0.394 e. The van der Waals surface area contributed by atoms with Crippen molar-refractivity contribution < 1.29 is 14.6 Å². The molecule has 2 saturated heterocycles. The number of hydrogen-bond acceptors (Lipinski definition) is 3. The summed E-state index contributed by atoms with van der Waals surface area (Å²) < 4.78 is 10.5. The van der Waals surface area contributed by atoms with E-state index in [0.29, 0.717) is 0 Å². The first-order valence-electron chi connectivity index (χ1n) is 4.61. The van der Waals surface area contributed by atoms with Crippen LogP contribution in [0.2, 0.25) is 0 Å². The third-order valence-corrected chi connectivity index (χ3v) is 1.93. The van der Waals surface area contributed by atoms with Gasteiger partial charge in [0.25, 0.3) is 0 Å². The fourth-order valence-corrected chi connectivity index (χ4v) is 1.41. The molecule has 2 aliphatic heterocycles. The highest BCUT2D eigenvalue weighted by Gasteiger charge is 2.33. The van der Waals surface area contributed by atoms with Crippen LogP contribution in [0.5, 0.6) is 0 Å². The Morgan fingerprint density at radius 3 is 1.92 bits per heavy atom. The van der Waals surface area contributed by atoms with Gasteiger partial charge in [0.15, 0.2) is 6.29 Å². The summed E-state index contributed by atoms with van der Waals surface area (Å²) in [5.74, 6) is 0.731. The van der Waals surface area contributed by atoms with E-state index in [9.17, 15) is 0 Å². The Morgan fingerprint density at radius 1 is 1.17 bits per heavy atom. The molecular weight excluding hydrogens is 156 g/mol. The second kappa shape index (κ2) is 4.80. The number of fused-ring (bicyclic) bond motifs is 1. The van der Waals surface area contributed by atoms with Gasteiger partial charge >= 0.3 is 0 Å². The van der Waals surface area contributed by atoms with Gasteiger partial charge in [0.05, 0.1) is 13.2 Å². The number of hydrogen-bond donors (Lipinski definition) is 1. The molecule has 2 heterocycles. The first-order chi connectivity index (χ1) is 5.70. The molecule has 0 atom stereocenters. The van der Waals surface area contributed by atoms with Crippen LogP contribution in [0.15, 0.2) is 0 Å². The van der Waals surface area contributed by atoms with E-state index in [2.05, 4.69) is 0 Å². The van der Waals surface area contributed by atoms with Gasteiger partial charge in [0.1, 0.15) is 0 Å². The van der Waals surface area contributed by atoms with Crippen molar-refractivity contribution in [3.8, 4) is 0 Å². The van der Waals surface area contributed by atoms with Crippen molar-refractivity contribution in [3.63, 3.8) is 0 Å². The Hall–Kier alpha value is -0.120. The molecule has 1 N–H and O–H groups in total. The molecule has 0 aromatic carbocycles. The van der Waals surface area contributed by atoms with Crippen LogP contribution < -0.4 is 0 Å². The molecule has 0 saturated carbocycles. The van der Waals surface area contributed by atoms with Crippen LogP contribution in [0.1, 0.15) is 26.7 Å². The minimum absolute atomic E-state index is 0.167. The summed E-state index contributed by atoms with van der Waals surface area (Å²) in [6.07, 6.45) is 2.44. The van der Waals surface area contributed by atoms with Crippen LogP contribution in [0.25, 0.3) is 0 Å². The van der Waals surface area contributed by atoms with E-state index in [0.717, 1.165) is 19.1 Å². The summed E-state index contributed by atoms with van der Waals surface area (Å²) in [6, 6.07) is 0. The molecule has 3 heteroatoms. The first-order valence-corrected chi connectivity index (χ1v) is 4.61. The molecule has 0 aromatic rings. The molecule has 0 spiro atoms. The van der Waals surface area contributed by atoms with Crippen molar-refractivity contribution in [2.45, 2.75) is 39.1 Å². The van der Waals surface area contributed by atoms with Gasteiger partial charge in [-0.1, -0.05) is 0 Å². The van der Waals surface area contributed by atoms with Gasteiger partial charge in [0, 0.05) is 12.0 Å². The summed E-state index contributed by atoms with van der Waals surface area (Å²) in [5, 5.41) is 8.06. The molecule has 0 aromatic heterocycles. The molecule has 12 heavy (non-hydrogen) atoms. The lowest BCUT2D eigenvalue weighted by Gasteiger charge is -2.03. The van der Waals surface area contributed by atoms with Crippen molar-refractivity contribution >= 4 is 0 Å². The lowest BCUT2D eigenvalue weighted by atomic mass is 10.1. The Balaban J connectivity index is 0.000000157. The zero-order valence-electron chi connectivity index (χ0n) is 7.82. The second-order valence-electron chi connectivity index (χ2n) is 3.54. The van der Waals surface area contributed by atoms with Gasteiger partial charge in [-0.2, -0.15) is 0 Å². The standard InChI is InChI=1S/C6H10O2.C3H8O/c1-3-7-6-5(1)2-4-8-6;1-3(2)4/h5-6H,1-4H2;3-4H,1-2H3. The zero-order chi connectivity index (χ0) is 8.97. The summed E-state index contributed by atoms with van der Waals surface area (Å²) >= 11 is 0. The number of rotatable bonds is 0. The minimum atomic E-state index is -0.167. The molecule has 3 nitrogen and oxygen atoms in total. The Kier molecular flexibility index (Phi) is 3.98. The zero-order valence-corrected chi connectivity index (χ0v) is 7.82. The van der Waals surface area contributed by atoms with E-state index in [1.807, 2.05) is 0 Å². The smallest absolute Gasteiger partial charge is 0.160 e. The van der Waals surface area contributed by atoms with Gasteiger partial charge in [-0.3, -0.25) is 0 Å². The summed E-state index contributed by atoms with van der Waals surface area (Å²) in [6.45, 7) is 5.27. The fraction of sp³-hybridized carbons (Fsp3) is 1.00. The average Bonchev–Trinajstić information content (AvgIpc) is 2.40. The highest BCUT2D eigenvalue weighted by molar-refractivity contribution is 4.73.